The van der Waals surface area contributed by atoms with Gasteiger partial charge >= 0.3 is 0 Å². The van der Waals surface area contributed by atoms with E-state index in [2.05, 4.69) is 47.4 Å². The molecule has 1 aromatic heterocycles. The average Bonchev–Trinajstić information content (AvgIpc) is 3.25. The van der Waals surface area contributed by atoms with Crippen LogP contribution in [0.15, 0.2) is 42.5 Å². The minimum absolute atomic E-state index is 0.235. The SMILES string of the molecule is O=C(c1cc2c(s1)CCC2)N1CCN(C/C=C/c2ccccc2)CC1. The van der Waals surface area contributed by atoms with Crippen LogP contribution in [-0.4, -0.2) is 48.4 Å². The van der Waals surface area contributed by atoms with Crippen LogP contribution in [0.5, 0.6) is 0 Å². The molecule has 1 aliphatic carbocycles. The summed E-state index contributed by atoms with van der Waals surface area (Å²) in [6.07, 6.45) is 7.96. The largest absolute Gasteiger partial charge is 0.335 e. The molecule has 1 amide bonds. The van der Waals surface area contributed by atoms with E-state index in [1.54, 1.807) is 11.3 Å². The molecule has 0 bridgehead atoms. The van der Waals surface area contributed by atoms with Crippen molar-refractivity contribution in [2.75, 3.05) is 32.7 Å². The second-order valence-corrected chi connectivity index (χ2v) is 7.96. The van der Waals surface area contributed by atoms with E-state index in [-0.39, 0.29) is 5.91 Å². The molecule has 0 atom stereocenters. The van der Waals surface area contributed by atoms with Gasteiger partial charge in [0.05, 0.1) is 4.88 Å². The fourth-order valence-corrected chi connectivity index (χ4v) is 4.85. The van der Waals surface area contributed by atoms with Crippen LogP contribution in [0.4, 0.5) is 0 Å². The van der Waals surface area contributed by atoms with Crippen molar-refractivity contribution in [2.24, 2.45) is 0 Å². The molecule has 0 spiro atoms. The molecule has 0 N–H and O–H groups in total. The first-order chi connectivity index (χ1) is 12.3. The van der Waals surface area contributed by atoms with Gasteiger partial charge in [0.25, 0.3) is 5.91 Å². The van der Waals surface area contributed by atoms with E-state index in [0.29, 0.717) is 0 Å². The van der Waals surface area contributed by atoms with Crippen molar-refractivity contribution in [1.29, 1.82) is 0 Å². The van der Waals surface area contributed by atoms with Gasteiger partial charge < -0.3 is 4.90 Å². The van der Waals surface area contributed by atoms with E-state index < -0.39 is 0 Å². The van der Waals surface area contributed by atoms with E-state index in [1.165, 1.54) is 22.4 Å². The second-order valence-electron chi connectivity index (χ2n) is 6.82. The van der Waals surface area contributed by atoms with E-state index in [1.807, 2.05) is 11.0 Å². The first-order valence-corrected chi connectivity index (χ1v) is 9.96. The monoisotopic (exact) mass is 352 g/mol. The minimum atomic E-state index is 0.235. The fraction of sp³-hybridized carbons (Fsp3) is 0.381. The number of nitrogens with zero attached hydrogens (tertiary/aromatic N) is 2. The molecule has 130 valence electrons. The summed E-state index contributed by atoms with van der Waals surface area (Å²) in [5.41, 5.74) is 2.65. The van der Waals surface area contributed by atoms with E-state index in [4.69, 9.17) is 0 Å². The lowest BCUT2D eigenvalue weighted by molar-refractivity contribution is 0.0655. The summed E-state index contributed by atoms with van der Waals surface area (Å²) in [6.45, 7) is 4.53. The molecule has 0 unspecified atom stereocenters. The highest BCUT2D eigenvalue weighted by Gasteiger charge is 2.25. The number of benzene rings is 1. The van der Waals surface area contributed by atoms with Gasteiger partial charge in [0.1, 0.15) is 0 Å². The van der Waals surface area contributed by atoms with Crippen molar-refractivity contribution in [1.82, 2.24) is 9.80 Å². The van der Waals surface area contributed by atoms with E-state index in [9.17, 15) is 4.79 Å². The van der Waals surface area contributed by atoms with Crippen molar-refractivity contribution in [2.45, 2.75) is 19.3 Å². The molecule has 4 heteroatoms. The van der Waals surface area contributed by atoms with Crippen molar-refractivity contribution >= 4 is 23.3 Å². The number of fused-ring (bicyclic) bond motifs is 1. The molecule has 1 aromatic carbocycles. The van der Waals surface area contributed by atoms with Crippen LogP contribution in [0.25, 0.3) is 6.08 Å². The van der Waals surface area contributed by atoms with Gasteiger partial charge in [-0.25, -0.2) is 0 Å². The number of hydrogen-bond acceptors (Lipinski definition) is 3. The number of rotatable bonds is 4. The van der Waals surface area contributed by atoms with Gasteiger partial charge in [-0.1, -0.05) is 42.5 Å². The Hall–Kier alpha value is -1.91. The quantitative estimate of drug-likeness (QED) is 0.837. The van der Waals surface area contributed by atoms with Crippen LogP contribution < -0.4 is 0 Å². The van der Waals surface area contributed by atoms with Gasteiger partial charge in [0, 0.05) is 37.6 Å². The highest BCUT2D eigenvalue weighted by Crippen LogP contribution is 2.31. The molecule has 1 saturated heterocycles. The van der Waals surface area contributed by atoms with Gasteiger partial charge in [0.15, 0.2) is 0 Å². The molecule has 3 nitrogen and oxygen atoms in total. The zero-order chi connectivity index (χ0) is 17.1. The maximum Gasteiger partial charge on any atom is 0.264 e. The second kappa shape index (κ2) is 7.54. The molecular weight excluding hydrogens is 328 g/mol. The van der Waals surface area contributed by atoms with Crippen molar-refractivity contribution in [3.63, 3.8) is 0 Å². The van der Waals surface area contributed by atoms with E-state index >= 15 is 0 Å². The molecule has 4 rings (SSSR count). The summed E-state index contributed by atoms with van der Waals surface area (Å²) in [7, 11) is 0. The predicted octanol–water partition coefficient (Wildman–Crippen LogP) is 3.71. The molecule has 1 aliphatic heterocycles. The third-order valence-corrected chi connectivity index (χ3v) is 6.32. The third kappa shape index (κ3) is 3.86. The van der Waals surface area contributed by atoms with Crippen LogP contribution in [0.3, 0.4) is 0 Å². The maximum atomic E-state index is 12.7. The lowest BCUT2D eigenvalue weighted by atomic mass is 10.2. The van der Waals surface area contributed by atoms with Gasteiger partial charge in [-0.3, -0.25) is 9.69 Å². The van der Waals surface area contributed by atoms with Crippen molar-refractivity contribution in [3.05, 3.63) is 63.4 Å². The smallest absolute Gasteiger partial charge is 0.264 e. The van der Waals surface area contributed by atoms with Crippen LogP contribution >= 0.6 is 11.3 Å². The van der Waals surface area contributed by atoms with Gasteiger partial charge in [0.2, 0.25) is 0 Å². The average molecular weight is 353 g/mol. The Morgan fingerprint density at radius 2 is 1.88 bits per heavy atom. The van der Waals surface area contributed by atoms with Gasteiger partial charge in [-0.15, -0.1) is 11.3 Å². The Morgan fingerprint density at radius 3 is 2.64 bits per heavy atom. The molecule has 2 heterocycles. The summed E-state index contributed by atoms with van der Waals surface area (Å²) >= 11 is 1.72. The first-order valence-electron chi connectivity index (χ1n) is 9.14. The molecular formula is C21H24N2OS. The summed E-state index contributed by atoms with van der Waals surface area (Å²) in [5.74, 6) is 0.235. The van der Waals surface area contributed by atoms with Crippen LogP contribution in [0, 0.1) is 0 Å². The number of aryl methyl sites for hydroxylation is 2. The Balaban J connectivity index is 1.27. The third-order valence-electron chi connectivity index (χ3n) is 5.09. The zero-order valence-corrected chi connectivity index (χ0v) is 15.3. The summed E-state index contributed by atoms with van der Waals surface area (Å²) in [4.78, 5) is 19.5. The zero-order valence-electron chi connectivity index (χ0n) is 14.5. The number of thiophene rings is 1. The normalized spacial score (nSPS) is 18.0. The molecule has 1 fully saturated rings. The summed E-state index contributed by atoms with van der Waals surface area (Å²) < 4.78 is 0. The standard InChI is InChI=1S/C21H24N2OS/c24-21(20-16-18-9-4-10-19(18)25-20)23-14-12-22(13-15-23)11-5-8-17-6-2-1-3-7-17/h1-3,5-8,16H,4,9-15H2/b8-5+. The predicted molar refractivity (Wildman–Crippen MR) is 104 cm³/mol. The number of amides is 1. The van der Waals surface area contributed by atoms with Gasteiger partial charge in [-0.05, 0) is 36.5 Å². The van der Waals surface area contributed by atoms with Crippen LogP contribution in [0.1, 0.15) is 32.1 Å². The molecule has 0 saturated carbocycles. The van der Waals surface area contributed by atoms with Crippen LogP contribution in [0.2, 0.25) is 0 Å². The van der Waals surface area contributed by atoms with Crippen LogP contribution in [-0.2, 0) is 12.8 Å². The lowest BCUT2D eigenvalue weighted by Crippen LogP contribution is -2.48. The number of carbonyl (C=O) groups is 1. The first kappa shape index (κ1) is 16.6. The maximum absolute atomic E-state index is 12.7. The molecule has 2 aromatic rings. The highest BCUT2D eigenvalue weighted by atomic mass is 32.1. The van der Waals surface area contributed by atoms with E-state index in [0.717, 1.165) is 50.4 Å². The fourth-order valence-electron chi connectivity index (χ4n) is 3.63. The lowest BCUT2D eigenvalue weighted by Gasteiger charge is -2.34. The Bertz CT molecular complexity index is 736. The topological polar surface area (TPSA) is 23.6 Å². The Morgan fingerprint density at radius 1 is 1.08 bits per heavy atom. The molecule has 25 heavy (non-hydrogen) atoms. The number of hydrogen-bond donors (Lipinski definition) is 0. The molecule has 0 radical (unpaired) electrons. The summed E-state index contributed by atoms with van der Waals surface area (Å²) in [6, 6.07) is 12.5. The highest BCUT2D eigenvalue weighted by molar-refractivity contribution is 7.14. The van der Waals surface area contributed by atoms with Gasteiger partial charge in [-0.2, -0.15) is 0 Å². The number of carbonyl (C=O) groups excluding carboxylic acids is 1. The van der Waals surface area contributed by atoms with Crippen molar-refractivity contribution in [3.8, 4) is 0 Å². The Labute approximate surface area is 153 Å². The molecule has 2 aliphatic rings. The summed E-state index contributed by atoms with van der Waals surface area (Å²) in [5, 5.41) is 0. The number of piperazine rings is 1. The Kier molecular flexibility index (Phi) is 4.99. The minimum Gasteiger partial charge on any atom is -0.335 e. The van der Waals surface area contributed by atoms with Crippen molar-refractivity contribution < 1.29 is 4.79 Å².